The van der Waals surface area contributed by atoms with Crippen molar-refractivity contribution in [2.45, 2.75) is 51.5 Å². The summed E-state index contributed by atoms with van der Waals surface area (Å²) >= 11 is 9.67. The molecule has 1 heterocycles. The first-order valence-electron chi connectivity index (χ1n) is 12.5. The Balaban J connectivity index is 1.08. The van der Waals surface area contributed by atoms with E-state index in [4.69, 9.17) is 11.6 Å². The quantitative estimate of drug-likeness (QED) is 0.575. The molecule has 0 radical (unpaired) electrons. The summed E-state index contributed by atoms with van der Waals surface area (Å²) in [7, 11) is 0. The van der Waals surface area contributed by atoms with Crippen molar-refractivity contribution >= 4 is 39.3 Å². The maximum Gasteiger partial charge on any atom is 0.242 e. The van der Waals surface area contributed by atoms with E-state index in [1.54, 1.807) is 6.07 Å². The summed E-state index contributed by atoms with van der Waals surface area (Å²) in [5.41, 5.74) is 1.59. The van der Waals surface area contributed by atoms with Crippen molar-refractivity contribution in [2.24, 2.45) is 23.2 Å². The molecule has 34 heavy (non-hydrogen) atoms. The molecule has 4 aliphatic carbocycles. The molecule has 2 amide bonds. The molecule has 4 saturated carbocycles. The Hall–Kier alpha value is -1.62. The number of hydrogen-bond acceptors (Lipinski definition) is 4. The van der Waals surface area contributed by atoms with Crippen molar-refractivity contribution in [3.8, 4) is 6.07 Å². The lowest BCUT2D eigenvalue weighted by Gasteiger charge is -2.56. The van der Waals surface area contributed by atoms with Gasteiger partial charge in [0.1, 0.15) is 6.07 Å². The van der Waals surface area contributed by atoms with Crippen molar-refractivity contribution < 1.29 is 9.59 Å². The molecule has 1 saturated heterocycles. The van der Waals surface area contributed by atoms with E-state index >= 15 is 0 Å². The Morgan fingerprint density at radius 2 is 1.71 bits per heavy atom. The van der Waals surface area contributed by atoms with Crippen LogP contribution in [0.5, 0.6) is 0 Å². The molecule has 8 heteroatoms. The van der Waals surface area contributed by atoms with Crippen molar-refractivity contribution in [2.75, 3.05) is 32.7 Å². The van der Waals surface area contributed by atoms with Gasteiger partial charge in [-0.05, 0) is 79.4 Å². The van der Waals surface area contributed by atoms with E-state index in [9.17, 15) is 14.9 Å². The number of benzene rings is 1. The molecule has 0 aromatic heterocycles. The number of carbonyl (C=O) groups is 2. The largest absolute Gasteiger partial charge is 0.347 e. The minimum absolute atomic E-state index is 0.0123. The summed E-state index contributed by atoms with van der Waals surface area (Å²) in [6.07, 6.45) is 8.33. The van der Waals surface area contributed by atoms with E-state index in [0.717, 1.165) is 40.9 Å². The van der Waals surface area contributed by atoms with Gasteiger partial charge in [-0.15, -0.1) is 0 Å². The molecule has 4 bridgehead atoms. The van der Waals surface area contributed by atoms with Gasteiger partial charge in [0, 0.05) is 43.6 Å². The highest BCUT2D eigenvalue weighted by molar-refractivity contribution is 9.10. The highest BCUT2D eigenvalue weighted by atomic mass is 79.9. The molecule has 6 nitrogen and oxygen atoms in total. The van der Waals surface area contributed by atoms with Crippen LogP contribution >= 0.6 is 27.5 Å². The van der Waals surface area contributed by atoms with Gasteiger partial charge in [-0.1, -0.05) is 27.5 Å². The fraction of sp³-hybridized carbons (Fsp3) is 0.654. The monoisotopic (exact) mass is 546 g/mol. The predicted octanol–water partition coefficient (Wildman–Crippen LogP) is 4.34. The van der Waals surface area contributed by atoms with Crippen LogP contribution in [0.15, 0.2) is 16.6 Å². The Morgan fingerprint density at radius 3 is 2.29 bits per heavy atom. The molecule has 0 unspecified atom stereocenters. The van der Waals surface area contributed by atoms with Crippen molar-refractivity contribution in [3.63, 3.8) is 0 Å². The second-order valence-corrected chi connectivity index (χ2v) is 12.4. The first-order valence-corrected chi connectivity index (χ1v) is 13.6. The molecule has 0 atom stereocenters. The Morgan fingerprint density at radius 1 is 1.09 bits per heavy atom. The second-order valence-electron chi connectivity index (χ2n) is 11.1. The first kappa shape index (κ1) is 24.1. The minimum Gasteiger partial charge on any atom is -0.347 e. The maximum atomic E-state index is 12.8. The van der Waals surface area contributed by atoms with Crippen LogP contribution in [0.2, 0.25) is 5.02 Å². The number of amides is 2. The average molecular weight is 548 g/mol. The first-order chi connectivity index (χ1) is 16.3. The summed E-state index contributed by atoms with van der Waals surface area (Å²) in [5, 5.41) is 12.8. The highest BCUT2D eigenvalue weighted by Crippen LogP contribution is 2.61. The van der Waals surface area contributed by atoms with Crippen LogP contribution in [0.1, 0.15) is 56.1 Å². The van der Waals surface area contributed by atoms with E-state index in [1.807, 2.05) is 11.0 Å². The summed E-state index contributed by atoms with van der Waals surface area (Å²) in [6.45, 7) is 3.39. The molecule has 1 aromatic rings. The lowest BCUT2D eigenvalue weighted by atomic mass is 9.49. The number of piperazine rings is 1. The Kier molecular flexibility index (Phi) is 6.94. The standard InChI is InChI=1S/C26H32BrClN4O2/c27-21-8-20(22(14-29)23(28)9-21)16-31-1-3-32(4-2-31)25(34)15-30-24(33)13-26-10-17-5-18(11-26)7-19(6-17)12-26/h8-9,17-19H,1-7,10-13,15-16H2,(H,30,33). The zero-order valence-corrected chi connectivity index (χ0v) is 21.8. The Bertz CT molecular complexity index is 980. The van der Waals surface area contributed by atoms with Gasteiger partial charge in [0.15, 0.2) is 0 Å². The number of nitrogens with zero attached hydrogens (tertiary/aromatic N) is 3. The molecule has 1 aliphatic heterocycles. The molecule has 1 aromatic carbocycles. The fourth-order valence-electron chi connectivity index (χ4n) is 7.47. The van der Waals surface area contributed by atoms with Crippen LogP contribution in [0.4, 0.5) is 0 Å². The van der Waals surface area contributed by atoms with Gasteiger partial charge in [0.05, 0.1) is 17.1 Å². The maximum absolute atomic E-state index is 12.8. The number of nitrogens with one attached hydrogen (secondary N) is 1. The number of nitriles is 1. The van der Waals surface area contributed by atoms with Crippen LogP contribution in [0, 0.1) is 34.5 Å². The summed E-state index contributed by atoms with van der Waals surface area (Å²) < 4.78 is 0.851. The van der Waals surface area contributed by atoms with Crippen LogP contribution in [-0.2, 0) is 16.1 Å². The van der Waals surface area contributed by atoms with E-state index in [-0.39, 0.29) is 23.8 Å². The van der Waals surface area contributed by atoms with Crippen LogP contribution < -0.4 is 5.32 Å². The number of rotatable bonds is 6. The number of halogens is 2. The fourth-order valence-corrected chi connectivity index (χ4v) is 8.39. The molecule has 5 aliphatic rings. The van der Waals surface area contributed by atoms with Crippen molar-refractivity contribution in [3.05, 3.63) is 32.8 Å². The van der Waals surface area contributed by atoms with Crippen LogP contribution in [0.25, 0.3) is 0 Å². The molecule has 6 rings (SSSR count). The van der Waals surface area contributed by atoms with Crippen LogP contribution in [0.3, 0.4) is 0 Å². The summed E-state index contributed by atoms with van der Waals surface area (Å²) in [5.74, 6) is 2.52. The minimum atomic E-state index is -0.0123. The zero-order chi connectivity index (χ0) is 23.9. The topological polar surface area (TPSA) is 76.4 Å². The predicted molar refractivity (Wildman–Crippen MR) is 134 cm³/mol. The third kappa shape index (κ3) is 5.15. The van der Waals surface area contributed by atoms with Gasteiger partial charge < -0.3 is 10.2 Å². The van der Waals surface area contributed by atoms with Gasteiger partial charge >= 0.3 is 0 Å². The smallest absolute Gasteiger partial charge is 0.242 e. The van der Waals surface area contributed by atoms with Gasteiger partial charge in [0.25, 0.3) is 0 Å². The normalized spacial score (nSPS) is 30.3. The van der Waals surface area contributed by atoms with E-state index in [2.05, 4.69) is 32.2 Å². The second kappa shape index (κ2) is 9.79. The molecule has 5 fully saturated rings. The third-order valence-electron chi connectivity index (χ3n) is 8.50. The SMILES string of the molecule is N#Cc1c(Cl)cc(Br)cc1CN1CCN(C(=O)CNC(=O)CC23CC4CC(CC(C4)C2)C3)CC1. The van der Waals surface area contributed by atoms with Crippen molar-refractivity contribution in [1.82, 2.24) is 15.1 Å². The van der Waals surface area contributed by atoms with Crippen LogP contribution in [-0.4, -0.2) is 54.3 Å². The molecular weight excluding hydrogens is 516 g/mol. The Labute approximate surface area is 215 Å². The summed E-state index contributed by atoms with van der Waals surface area (Å²) in [4.78, 5) is 29.6. The van der Waals surface area contributed by atoms with Gasteiger partial charge in [-0.3, -0.25) is 14.5 Å². The van der Waals surface area contributed by atoms with E-state index in [0.29, 0.717) is 36.6 Å². The van der Waals surface area contributed by atoms with Gasteiger partial charge in [-0.2, -0.15) is 5.26 Å². The van der Waals surface area contributed by atoms with Crippen molar-refractivity contribution in [1.29, 1.82) is 5.26 Å². The molecule has 0 spiro atoms. The molecule has 1 N–H and O–H groups in total. The van der Waals surface area contributed by atoms with E-state index in [1.165, 1.54) is 38.5 Å². The zero-order valence-electron chi connectivity index (χ0n) is 19.5. The van der Waals surface area contributed by atoms with Gasteiger partial charge in [0.2, 0.25) is 11.8 Å². The van der Waals surface area contributed by atoms with Gasteiger partial charge in [-0.25, -0.2) is 0 Å². The lowest BCUT2D eigenvalue weighted by Crippen LogP contribution is -2.51. The lowest BCUT2D eigenvalue weighted by molar-refractivity contribution is -0.136. The number of carbonyl (C=O) groups excluding carboxylic acids is 2. The average Bonchev–Trinajstić information content (AvgIpc) is 2.76. The third-order valence-corrected chi connectivity index (χ3v) is 9.26. The number of hydrogen-bond donors (Lipinski definition) is 1. The molecular formula is C26H32BrClN4O2. The summed E-state index contributed by atoms with van der Waals surface area (Å²) in [6, 6.07) is 5.86. The highest BCUT2D eigenvalue weighted by Gasteiger charge is 2.51. The molecule has 182 valence electrons. The van der Waals surface area contributed by atoms with E-state index < -0.39 is 0 Å².